The van der Waals surface area contributed by atoms with Crippen molar-refractivity contribution < 1.29 is 82.2 Å². The summed E-state index contributed by atoms with van der Waals surface area (Å²) in [6, 6.07) is 55.2. The van der Waals surface area contributed by atoms with Crippen molar-refractivity contribution in [3.05, 3.63) is 246 Å². The van der Waals surface area contributed by atoms with Crippen LogP contribution in [0, 0.1) is 0 Å². The average Bonchev–Trinajstić information content (AvgIpc) is 1.66. The van der Waals surface area contributed by atoms with Gasteiger partial charge in [0, 0.05) is 82.0 Å². The van der Waals surface area contributed by atoms with Gasteiger partial charge in [0.1, 0.15) is 0 Å². The summed E-state index contributed by atoms with van der Waals surface area (Å²) in [5.74, 6) is -8.37. The smallest absolute Gasteiger partial charge is 0.349 e. The Morgan fingerprint density at radius 2 is 0.700 bits per heavy atom. The quantitative estimate of drug-likeness (QED) is 0.0307. The van der Waals surface area contributed by atoms with E-state index in [0.29, 0.717) is 26.2 Å². The molecule has 0 saturated carbocycles. The highest BCUT2D eigenvalue weighted by molar-refractivity contribution is 9.10. The van der Waals surface area contributed by atoms with Crippen LogP contribution >= 0.6 is 31.9 Å². The molecular weight excluding hydrogens is 1420 g/mol. The molecule has 9 atom stereocenters. The molecule has 100 heavy (non-hydrogen) atoms. The van der Waals surface area contributed by atoms with Crippen molar-refractivity contribution in [2.45, 2.75) is 149 Å². The van der Waals surface area contributed by atoms with Gasteiger partial charge in [-0.2, -0.15) is 0 Å². The number of halogens is 2. The molecular formula is C75H80Br2N6O17. The molecule has 7 N–H and O–H groups in total. The van der Waals surface area contributed by atoms with E-state index in [1.165, 1.54) is 25.8 Å². The number of carboxylic acid groups (broad SMARTS) is 1. The lowest BCUT2D eigenvalue weighted by Gasteiger charge is -2.29. The predicted octanol–water partition coefficient (Wildman–Crippen LogP) is 8.70. The van der Waals surface area contributed by atoms with Crippen LogP contribution in [-0.2, 0) is 113 Å². The van der Waals surface area contributed by atoms with E-state index in [-0.39, 0.29) is 19.1 Å². The Morgan fingerprint density at radius 1 is 0.400 bits per heavy atom. The first-order chi connectivity index (χ1) is 47.6. The van der Waals surface area contributed by atoms with Gasteiger partial charge in [-0.15, -0.1) is 0 Å². The summed E-state index contributed by atoms with van der Waals surface area (Å²) >= 11 is 6.71. The number of fused-ring (bicyclic) bond motifs is 3. The number of carbonyl (C=O) groups excluding carboxylic acids is 9. The number of esters is 4. The van der Waals surface area contributed by atoms with Crippen molar-refractivity contribution in [3.8, 4) is 0 Å². The molecule has 0 aliphatic carbocycles. The fourth-order valence-corrected chi connectivity index (χ4v) is 11.5. The minimum absolute atomic E-state index is 0.132. The SMILES string of the molecule is CC(=O)O[C@@H](C(=O)N[C@H](C)c1ccc(Br)cc1)[C@@H](OC(C)=O)C(=O)N1Cc2ccccc2C1.CC(=O)O[C@@H](C(=O)O)[C@@H](OC(C)=O)C(=O)N1Cc2ccccc2C1.C[C@@H](N)c1ccc(Br)cc1.C[C@@H](NC(=O)[C@H](O)[C@@H](O)C(=O)N1Cc2ccccc2C1)c1ccc(Cc2ccccc2)cc1. The monoisotopic (exact) mass is 1490 g/mol. The van der Waals surface area contributed by atoms with Crippen LogP contribution in [0.3, 0.4) is 0 Å². The highest BCUT2D eigenvalue weighted by Crippen LogP contribution is 2.29. The van der Waals surface area contributed by atoms with Gasteiger partial charge >= 0.3 is 29.8 Å². The third-order valence-corrected chi connectivity index (χ3v) is 17.3. The van der Waals surface area contributed by atoms with Gasteiger partial charge in [-0.25, -0.2) is 4.79 Å². The largest absolute Gasteiger partial charge is 0.478 e. The topological polar surface area (TPSA) is 328 Å². The molecule has 526 valence electrons. The van der Waals surface area contributed by atoms with Gasteiger partial charge in [-0.1, -0.05) is 184 Å². The number of nitrogens with zero attached hydrogens (tertiary/aromatic N) is 3. The van der Waals surface area contributed by atoms with Gasteiger partial charge in [-0.3, -0.25) is 43.2 Å². The van der Waals surface area contributed by atoms with Crippen LogP contribution < -0.4 is 16.4 Å². The van der Waals surface area contributed by atoms with Crippen LogP contribution in [0.5, 0.6) is 0 Å². The summed E-state index contributed by atoms with van der Waals surface area (Å²) in [7, 11) is 0. The molecule has 25 heteroatoms. The number of carboxylic acids is 1. The van der Waals surface area contributed by atoms with Gasteiger partial charge in [0.15, 0.2) is 12.2 Å². The van der Waals surface area contributed by atoms with Crippen LogP contribution in [0.25, 0.3) is 0 Å². The van der Waals surface area contributed by atoms with E-state index in [4.69, 9.17) is 19.9 Å². The molecule has 0 aromatic heterocycles. The van der Waals surface area contributed by atoms with E-state index < -0.39 is 108 Å². The van der Waals surface area contributed by atoms with Crippen molar-refractivity contribution >= 4 is 91.2 Å². The first kappa shape index (κ1) is 77.4. The molecule has 3 aliphatic heterocycles. The minimum Gasteiger partial charge on any atom is -0.478 e. The second-order valence-corrected chi connectivity index (χ2v) is 25.8. The van der Waals surface area contributed by atoms with Crippen LogP contribution in [-0.4, -0.2) is 126 Å². The summed E-state index contributed by atoms with van der Waals surface area (Å²) in [6.45, 7) is 11.7. The van der Waals surface area contributed by atoms with Gasteiger partial charge in [-0.05, 0) is 113 Å². The Hall–Kier alpha value is -9.92. The molecule has 3 aliphatic rings. The lowest BCUT2D eigenvalue weighted by atomic mass is 10.0. The zero-order chi connectivity index (χ0) is 72.9. The van der Waals surface area contributed by atoms with Crippen LogP contribution in [0.1, 0.15) is 128 Å². The van der Waals surface area contributed by atoms with Crippen molar-refractivity contribution in [1.29, 1.82) is 0 Å². The molecule has 0 unspecified atom stereocenters. The standard InChI is InChI=1S/C27H28N2O4.C24H25BrN2O6.C16H17NO7.C8H10BrN/c1-18(21-13-11-20(12-14-21)15-19-7-3-2-4-8-19)28-26(32)24(30)25(31)27(33)29-16-22-9-5-6-10-23(22)17-29;1-14(17-8-10-20(25)11-9-17)26-23(30)21(32-15(2)28)22(33-16(3)29)24(31)27-12-18-6-4-5-7-19(18)13-27;1-9(18)23-13(14(16(21)22)24-10(2)19)15(20)17-7-11-5-3-4-6-12(11)8-17;1-6(10)7-2-4-8(9)5-3-7/h2-14,18,24-25,30-31H,15-17H2,1H3,(H,28,32);4-11,14,21-22H,12-13H2,1-3H3,(H,26,30);3-6,13-14H,7-8H2,1-2H3,(H,21,22);2-6H,10H2,1H3/t18-,24-,25-;14-,21-,22-;13-,14-;6-/m1111/s1. The molecule has 0 radical (unpaired) electrons. The first-order valence-corrected chi connectivity index (χ1v) is 33.5. The maximum absolute atomic E-state index is 13.3. The molecule has 0 fully saturated rings. The Labute approximate surface area is 596 Å². The molecule has 7 aromatic rings. The third-order valence-electron chi connectivity index (χ3n) is 16.2. The van der Waals surface area contributed by atoms with Gasteiger partial charge in [0.2, 0.25) is 24.4 Å². The number of aliphatic hydroxyl groups excluding tert-OH is 2. The number of aliphatic carboxylic acids is 1. The number of ether oxygens (including phenoxy) is 4. The van der Waals surface area contributed by atoms with E-state index in [9.17, 15) is 63.3 Å². The Balaban J connectivity index is 0.000000199. The fourth-order valence-electron chi connectivity index (χ4n) is 11.0. The maximum atomic E-state index is 13.3. The van der Waals surface area contributed by atoms with Crippen molar-refractivity contribution in [2.24, 2.45) is 5.73 Å². The molecule has 23 nitrogen and oxygen atoms in total. The summed E-state index contributed by atoms with van der Waals surface area (Å²) in [6.07, 6.45) is -9.74. The van der Waals surface area contributed by atoms with Crippen LogP contribution in [0.2, 0.25) is 0 Å². The van der Waals surface area contributed by atoms with Crippen molar-refractivity contribution in [2.75, 3.05) is 0 Å². The number of hydrogen-bond donors (Lipinski definition) is 6. The lowest BCUT2D eigenvalue weighted by Crippen LogP contribution is -2.53. The highest BCUT2D eigenvalue weighted by Gasteiger charge is 2.45. The zero-order valence-electron chi connectivity index (χ0n) is 56.1. The van der Waals surface area contributed by atoms with E-state index in [0.717, 1.165) is 93.1 Å². The Kier molecular flexibility index (Phi) is 28.5. The van der Waals surface area contributed by atoms with Crippen molar-refractivity contribution in [1.82, 2.24) is 25.3 Å². The normalized spacial score (nSPS) is 15.0. The number of hydrogen-bond acceptors (Lipinski definition) is 17. The number of aliphatic hydroxyl groups is 2. The Bertz CT molecular complexity index is 3950. The molecule has 3 heterocycles. The van der Waals surface area contributed by atoms with E-state index in [1.54, 1.807) is 13.8 Å². The molecule has 0 saturated heterocycles. The number of amides is 5. The van der Waals surface area contributed by atoms with E-state index >= 15 is 0 Å². The Morgan fingerprint density at radius 3 is 1.06 bits per heavy atom. The number of nitrogens with two attached hydrogens (primary N) is 1. The number of benzene rings is 7. The third kappa shape index (κ3) is 22.3. The van der Waals surface area contributed by atoms with Gasteiger partial charge in [0.05, 0.1) is 12.1 Å². The summed E-state index contributed by atoms with van der Waals surface area (Å²) in [4.78, 5) is 126. The minimum atomic E-state index is -1.90. The molecule has 7 aromatic carbocycles. The fraction of sp³-hybridized carbons (Fsp3) is 0.307. The molecule has 5 amide bonds. The highest BCUT2D eigenvalue weighted by atomic mass is 79.9. The number of carbonyl (C=O) groups is 10. The molecule has 0 spiro atoms. The van der Waals surface area contributed by atoms with Crippen LogP contribution in [0.4, 0.5) is 0 Å². The zero-order valence-corrected chi connectivity index (χ0v) is 59.3. The van der Waals surface area contributed by atoms with Crippen LogP contribution in [0.15, 0.2) is 185 Å². The molecule has 10 rings (SSSR count). The second kappa shape index (κ2) is 36.8. The van der Waals surface area contributed by atoms with Gasteiger partial charge < -0.3 is 65.3 Å². The summed E-state index contributed by atoms with van der Waals surface area (Å²) < 4.78 is 21.9. The van der Waals surface area contributed by atoms with E-state index in [1.807, 2.05) is 171 Å². The number of rotatable bonds is 20. The predicted molar refractivity (Wildman–Crippen MR) is 374 cm³/mol. The number of nitrogens with one attached hydrogen (secondary N) is 2. The van der Waals surface area contributed by atoms with E-state index in [2.05, 4.69) is 59.4 Å². The van der Waals surface area contributed by atoms with Gasteiger partial charge in [0.25, 0.3) is 29.5 Å². The lowest BCUT2D eigenvalue weighted by molar-refractivity contribution is -0.183. The summed E-state index contributed by atoms with van der Waals surface area (Å²) in [5, 5.41) is 35.3. The molecule has 0 bridgehead atoms. The van der Waals surface area contributed by atoms with Crippen molar-refractivity contribution in [3.63, 3.8) is 0 Å². The second-order valence-electron chi connectivity index (χ2n) is 24.0. The summed E-state index contributed by atoms with van der Waals surface area (Å²) in [5.41, 5.74) is 16.6. The average molecular weight is 1500 g/mol. The first-order valence-electron chi connectivity index (χ1n) is 31.9. The maximum Gasteiger partial charge on any atom is 0.349 e.